The lowest BCUT2D eigenvalue weighted by Crippen LogP contribution is -2.33. The van der Waals surface area contributed by atoms with Crippen molar-refractivity contribution in [2.24, 2.45) is 0 Å². The molecule has 0 aliphatic carbocycles. The SMILES string of the molecule is CCC(C)(CC)Nc1ccc([N+](=O)[O-])cc1C#N. The second-order valence-electron chi connectivity index (χ2n) is 4.49. The van der Waals surface area contributed by atoms with E-state index in [0.29, 0.717) is 11.3 Å². The number of anilines is 1. The predicted octanol–water partition coefficient (Wildman–Crippen LogP) is 3.46. The fourth-order valence-electron chi connectivity index (χ4n) is 1.60. The zero-order valence-electron chi connectivity index (χ0n) is 10.9. The molecule has 0 heterocycles. The van der Waals surface area contributed by atoms with Crippen molar-refractivity contribution in [2.45, 2.75) is 39.2 Å². The molecule has 5 nitrogen and oxygen atoms in total. The summed E-state index contributed by atoms with van der Waals surface area (Å²) in [5, 5.41) is 23.0. The zero-order valence-corrected chi connectivity index (χ0v) is 10.9. The lowest BCUT2D eigenvalue weighted by molar-refractivity contribution is -0.384. The van der Waals surface area contributed by atoms with Crippen LogP contribution in [0.15, 0.2) is 18.2 Å². The van der Waals surface area contributed by atoms with Crippen molar-refractivity contribution in [1.29, 1.82) is 5.26 Å². The molecular weight excluding hydrogens is 230 g/mol. The molecule has 0 saturated carbocycles. The van der Waals surface area contributed by atoms with Crippen molar-refractivity contribution in [2.75, 3.05) is 5.32 Å². The van der Waals surface area contributed by atoms with E-state index in [1.807, 2.05) is 6.07 Å². The van der Waals surface area contributed by atoms with Gasteiger partial charge in [0.25, 0.3) is 5.69 Å². The number of nitrogens with one attached hydrogen (secondary N) is 1. The summed E-state index contributed by atoms with van der Waals surface area (Å²) >= 11 is 0. The van der Waals surface area contributed by atoms with Crippen LogP contribution in [0.25, 0.3) is 0 Å². The minimum absolute atomic E-state index is 0.0631. The minimum atomic E-state index is -0.497. The van der Waals surface area contributed by atoms with Crippen LogP contribution < -0.4 is 5.32 Å². The van der Waals surface area contributed by atoms with E-state index in [9.17, 15) is 10.1 Å². The van der Waals surface area contributed by atoms with Crippen molar-refractivity contribution >= 4 is 11.4 Å². The van der Waals surface area contributed by atoms with Crippen LogP contribution in [0.3, 0.4) is 0 Å². The van der Waals surface area contributed by atoms with Crippen LogP contribution in [0, 0.1) is 21.4 Å². The number of benzene rings is 1. The van der Waals surface area contributed by atoms with Crippen LogP contribution >= 0.6 is 0 Å². The molecule has 0 unspecified atom stereocenters. The smallest absolute Gasteiger partial charge is 0.270 e. The maximum Gasteiger partial charge on any atom is 0.270 e. The average Bonchev–Trinajstić information content (AvgIpc) is 2.38. The van der Waals surface area contributed by atoms with Gasteiger partial charge in [-0.05, 0) is 25.8 Å². The molecule has 1 aromatic rings. The molecule has 1 N–H and O–H groups in total. The molecule has 0 amide bonds. The normalized spacial score (nSPS) is 10.8. The molecule has 96 valence electrons. The van der Waals surface area contributed by atoms with Crippen LogP contribution in [0.4, 0.5) is 11.4 Å². The van der Waals surface area contributed by atoms with E-state index in [0.717, 1.165) is 12.8 Å². The molecular formula is C13H17N3O2. The van der Waals surface area contributed by atoms with E-state index >= 15 is 0 Å². The minimum Gasteiger partial charge on any atom is -0.379 e. The third-order valence-corrected chi connectivity index (χ3v) is 3.33. The quantitative estimate of drug-likeness (QED) is 0.638. The van der Waals surface area contributed by atoms with Crippen LogP contribution in [0.5, 0.6) is 0 Å². The Hall–Kier alpha value is -2.09. The molecule has 0 bridgehead atoms. The first-order chi connectivity index (χ1) is 8.45. The third-order valence-electron chi connectivity index (χ3n) is 3.33. The maximum absolute atomic E-state index is 10.7. The second-order valence-corrected chi connectivity index (χ2v) is 4.49. The lowest BCUT2D eigenvalue weighted by Gasteiger charge is -2.29. The van der Waals surface area contributed by atoms with Gasteiger partial charge in [0.1, 0.15) is 6.07 Å². The van der Waals surface area contributed by atoms with Gasteiger partial charge in [-0.15, -0.1) is 0 Å². The average molecular weight is 247 g/mol. The summed E-state index contributed by atoms with van der Waals surface area (Å²) in [6, 6.07) is 6.30. The van der Waals surface area contributed by atoms with E-state index in [-0.39, 0.29) is 11.2 Å². The van der Waals surface area contributed by atoms with Gasteiger partial charge in [-0.1, -0.05) is 13.8 Å². The molecule has 0 saturated heterocycles. The van der Waals surface area contributed by atoms with Crippen molar-refractivity contribution in [3.63, 3.8) is 0 Å². The van der Waals surface area contributed by atoms with Crippen LogP contribution in [0.2, 0.25) is 0 Å². The highest BCUT2D eigenvalue weighted by Crippen LogP contribution is 2.27. The Balaban J connectivity index is 3.11. The van der Waals surface area contributed by atoms with Gasteiger partial charge in [-0.2, -0.15) is 5.26 Å². The highest BCUT2D eigenvalue weighted by molar-refractivity contribution is 5.62. The molecule has 1 aromatic carbocycles. The first-order valence-corrected chi connectivity index (χ1v) is 5.92. The monoisotopic (exact) mass is 247 g/mol. The van der Waals surface area contributed by atoms with Gasteiger partial charge in [0.15, 0.2) is 0 Å². The van der Waals surface area contributed by atoms with E-state index in [1.54, 1.807) is 6.07 Å². The highest BCUT2D eigenvalue weighted by atomic mass is 16.6. The predicted molar refractivity (Wildman–Crippen MR) is 70.4 cm³/mol. The number of nitriles is 1. The van der Waals surface area contributed by atoms with Gasteiger partial charge in [-0.25, -0.2) is 0 Å². The van der Waals surface area contributed by atoms with Crippen LogP contribution in [-0.2, 0) is 0 Å². The summed E-state index contributed by atoms with van der Waals surface area (Å²) in [7, 11) is 0. The fraction of sp³-hybridized carbons (Fsp3) is 0.462. The number of non-ortho nitro benzene ring substituents is 1. The number of nitrogens with zero attached hydrogens (tertiary/aromatic N) is 2. The van der Waals surface area contributed by atoms with Gasteiger partial charge < -0.3 is 5.32 Å². The molecule has 0 aliphatic rings. The molecule has 18 heavy (non-hydrogen) atoms. The Kier molecular flexibility index (Phi) is 4.27. The van der Waals surface area contributed by atoms with Gasteiger partial charge in [0.2, 0.25) is 0 Å². The lowest BCUT2D eigenvalue weighted by atomic mass is 9.94. The van der Waals surface area contributed by atoms with Gasteiger partial charge in [0, 0.05) is 17.7 Å². The van der Waals surface area contributed by atoms with E-state index in [4.69, 9.17) is 5.26 Å². The number of rotatable bonds is 5. The summed E-state index contributed by atoms with van der Waals surface area (Å²) in [6.07, 6.45) is 1.82. The van der Waals surface area contributed by atoms with E-state index < -0.39 is 4.92 Å². The van der Waals surface area contributed by atoms with E-state index in [1.165, 1.54) is 12.1 Å². The first kappa shape index (κ1) is 14.0. The number of hydrogen-bond donors (Lipinski definition) is 1. The molecule has 5 heteroatoms. The van der Waals surface area contributed by atoms with Crippen molar-refractivity contribution in [3.05, 3.63) is 33.9 Å². The Bertz CT molecular complexity index is 487. The van der Waals surface area contributed by atoms with Crippen molar-refractivity contribution in [3.8, 4) is 6.07 Å². The number of hydrogen-bond acceptors (Lipinski definition) is 4. The Morgan fingerprint density at radius 3 is 2.50 bits per heavy atom. The maximum atomic E-state index is 10.7. The standard InChI is InChI=1S/C13H17N3O2/c1-4-13(3,5-2)15-12-7-6-11(16(17)18)8-10(12)9-14/h6-8,15H,4-5H2,1-3H3. The third kappa shape index (κ3) is 2.98. The molecule has 0 atom stereocenters. The van der Waals surface area contributed by atoms with Crippen LogP contribution in [0.1, 0.15) is 39.2 Å². The largest absolute Gasteiger partial charge is 0.379 e. The fourth-order valence-corrected chi connectivity index (χ4v) is 1.60. The zero-order chi connectivity index (χ0) is 13.8. The number of nitro groups is 1. The molecule has 0 aromatic heterocycles. The topological polar surface area (TPSA) is 79.0 Å². The summed E-state index contributed by atoms with van der Waals surface area (Å²) in [5.41, 5.74) is 0.778. The summed E-state index contributed by atoms with van der Waals surface area (Å²) in [5.74, 6) is 0. The Morgan fingerprint density at radius 2 is 2.06 bits per heavy atom. The second kappa shape index (κ2) is 5.50. The van der Waals surface area contributed by atoms with Crippen molar-refractivity contribution < 1.29 is 4.92 Å². The molecule has 1 rings (SSSR count). The Labute approximate surface area is 107 Å². The molecule has 0 fully saturated rings. The Morgan fingerprint density at radius 1 is 1.44 bits per heavy atom. The molecule has 0 spiro atoms. The molecule has 0 radical (unpaired) electrons. The van der Waals surface area contributed by atoms with Gasteiger partial charge in [0.05, 0.1) is 16.2 Å². The van der Waals surface area contributed by atoms with Gasteiger partial charge in [-0.3, -0.25) is 10.1 Å². The summed E-state index contributed by atoms with van der Waals surface area (Å²) < 4.78 is 0. The highest BCUT2D eigenvalue weighted by Gasteiger charge is 2.21. The van der Waals surface area contributed by atoms with Gasteiger partial charge >= 0.3 is 0 Å². The summed E-state index contributed by atoms with van der Waals surface area (Å²) in [6.45, 7) is 6.19. The summed E-state index contributed by atoms with van der Waals surface area (Å²) in [4.78, 5) is 10.2. The number of nitro benzene ring substituents is 1. The molecule has 0 aliphatic heterocycles. The van der Waals surface area contributed by atoms with Crippen LogP contribution in [-0.4, -0.2) is 10.5 Å². The van der Waals surface area contributed by atoms with Crippen molar-refractivity contribution in [1.82, 2.24) is 0 Å². The first-order valence-electron chi connectivity index (χ1n) is 5.92. The van der Waals surface area contributed by atoms with E-state index in [2.05, 4.69) is 26.1 Å².